The number of amides is 1. The Bertz CT molecular complexity index is 1090. The molecule has 0 aliphatic heterocycles. The zero-order valence-corrected chi connectivity index (χ0v) is 15.0. The van der Waals surface area contributed by atoms with Crippen molar-refractivity contribution in [3.8, 4) is 10.4 Å². The first kappa shape index (κ1) is 16.8. The minimum Gasteiger partial charge on any atom is -0.346 e. The number of nitrogens with one attached hydrogen (secondary N) is 1. The van der Waals surface area contributed by atoms with Crippen molar-refractivity contribution in [2.45, 2.75) is 6.54 Å². The first-order valence-electron chi connectivity index (χ1n) is 7.85. The average Bonchev–Trinajstić information content (AvgIpc) is 3.27. The van der Waals surface area contributed by atoms with Gasteiger partial charge in [0.1, 0.15) is 11.5 Å². The van der Waals surface area contributed by atoms with Crippen molar-refractivity contribution in [3.63, 3.8) is 0 Å². The van der Waals surface area contributed by atoms with Gasteiger partial charge in [-0.2, -0.15) is 0 Å². The van der Waals surface area contributed by atoms with Gasteiger partial charge in [0, 0.05) is 17.3 Å². The number of hydrogen-bond acceptors (Lipinski definition) is 3. The molecule has 0 saturated carbocycles. The number of pyridine rings is 1. The van der Waals surface area contributed by atoms with Crippen molar-refractivity contribution >= 4 is 34.5 Å². The number of thiophene rings is 1. The van der Waals surface area contributed by atoms with Crippen LogP contribution >= 0.6 is 22.9 Å². The number of carbonyl (C=O) groups is 1. The number of carbonyl (C=O) groups excluding carboxylic acids is 1. The van der Waals surface area contributed by atoms with Gasteiger partial charge in [-0.1, -0.05) is 23.7 Å². The molecule has 1 aromatic carbocycles. The van der Waals surface area contributed by atoms with Crippen LogP contribution in [0.4, 0.5) is 4.39 Å². The van der Waals surface area contributed by atoms with Gasteiger partial charge in [0.15, 0.2) is 0 Å². The van der Waals surface area contributed by atoms with Gasteiger partial charge in [-0.15, -0.1) is 11.3 Å². The zero-order chi connectivity index (χ0) is 18.1. The summed E-state index contributed by atoms with van der Waals surface area (Å²) < 4.78 is 14.8. The molecule has 0 radical (unpaired) electrons. The molecule has 130 valence electrons. The molecule has 26 heavy (non-hydrogen) atoms. The molecule has 0 saturated heterocycles. The van der Waals surface area contributed by atoms with E-state index in [1.807, 2.05) is 22.7 Å². The first-order chi connectivity index (χ1) is 12.6. The van der Waals surface area contributed by atoms with Gasteiger partial charge in [-0.3, -0.25) is 4.79 Å². The zero-order valence-electron chi connectivity index (χ0n) is 13.4. The van der Waals surface area contributed by atoms with Crippen molar-refractivity contribution in [2.75, 3.05) is 0 Å². The van der Waals surface area contributed by atoms with E-state index in [4.69, 9.17) is 11.6 Å². The van der Waals surface area contributed by atoms with E-state index in [-0.39, 0.29) is 11.7 Å². The minimum atomic E-state index is -0.281. The van der Waals surface area contributed by atoms with E-state index in [9.17, 15) is 9.18 Å². The van der Waals surface area contributed by atoms with Crippen LogP contribution < -0.4 is 5.32 Å². The highest BCUT2D eigenvalue weighted by Crippen LogP contribution is 2.28. The Hall–Kier alpha value is -2.70. The van der Waals surface area contributed by atoms with Gasteiger partial charge < -0.3 is 9.72 Å². The van der Waals surface area contributed by atoms with Gasteiger partial charge in [0.25, 0.3) is 5.91 Å². The summed E-state index contributed by atoms with van der Waals surface area (Å²) in [5, 5.41) is 3.49. The molecular formula is C19H13ClFN3OS. The molecule has 3 heterocycles. The summed E-state index contributed by atoms with van der Waals surface area (Å²) in [7, 11) is 0. The van der Waals surface area contributed by atoms with Crippen LogP contribution in [0.1, 0.15) is 15.4 Å². The molecule has 4 aromatic rings. The Kier molecular flexibility index (Phi) is 4.44. The SMILES string of the molecule is O=C(NCc1cn2cc(Cl)ccc2n1)c1ccc(-c2ccc(F)cc2)s1. The predicted molar refractivity (Wildman–Crippen MR) is 101 cm³/mol. The summed E-state index contributed by atoms with van der Waals surface area (Å²) in [6.07, 6.45) is 3.60. The lowest BCUT2D eigenvalue weighted by atomic mass is 10.2. The van der Waals surface area contributed by atoms with Crippen LogP contribution in [-0.4, -0.2) is 15.3 Å². The molecule has 0 atom stereocenters. The molecule has 0 aliphatic carbocycles. The van der Waals surface area contributed by atoms with Crippen LogP contribution in [0.5, 0.6) is 0 Å². The maximum Gasteiger partial charge on any atom is 0.261 e. The second kappa shape index (κ2) is 6.90. The van der Waals surface area contributed by atoms with Crippen LogP contribution in [0.15, 0.2) is 60.9 Å². The van der Waals surface area contributed by atoms with Gasteiger partial charge in [-0.25, -0.2) is 9.37 Å². The fourth-order valence-corrected chi connectivity index (χ4v) is 3.69. The van der Waals surface area contributed by atoms with E-state index < -0.39 is 0 Å². The highest BCUT2D eigenvalue weighted by Gasteiger charge is 2.11. The standard InChI is InChI=1S/C19H13ClFN3OS/c20-13-3-8-18-23-15(11-24(18)10-13)9-22-19(25)17-7-6-16(26-17)12-1-4-14(21)5-2-12/h1-8,10-11H,9H2,(H,22,25). The number of fused-ring (bicyclic) bond motifs is 1. The Morgan fingerprint density at radius 1 is 1.12 bits per heavy atom. The van der Waals surface area contributed by atoms with E-state index in [0.717, 1.165) is 21.8 Å². The third-order valence-electron chi connectivity index (χ3n) is 3.85. The highest BCUT2D eigenvalue weighted by atomic mass is 35.5. The van der Waals surface area contributed by atoms with E-state index in [1.165, 1.54) is 23.5 Å². The van der Waals surface area contributed by atoms with E-state index in [1.54, 1.807) is 30.5 Å². The van der Waals surface area contributed by atoms with Crippen molar-refractivity contribution < 1.29 is 9.18 Å². The summed E-state index contributed by atoms with van der Waals surface area (Å²) in [6.45, 7) is 0.321. The minimum absolute atomic E-state index is 0.168. The predicted octanol–water partition coefficient (Wildman–Crippen LogP) is 4.79. The second-order valence-electron chi connectivity index (χ2n) is 5.70. The molecular weight excluding hydrogens is 373 g/mol. The molecule has 1 amide bonds. The molecule has 0 aliphatic rings. The van der Waals surface area contributed by atoms with E-state index in [0.29, 0.717) is 16.4 Å². The molecule has 4 rings (SSSR count). The molecule has 0 bridgehead atoms. The maximum atomic E-state index is 13.0. The molecule has 0 spiro atoms. The lowest BCUT2D eigenvalue weighted by molar-refractivity contribution is 0.0954. The largest absolute Gasteiger partial charge is 0.346 e. The van der Waals surface area contributed by atoms with Crippen LogP contribution in [-0.2, 0) is 6.54 Å². The number of hydrogen-bond donors (Lipinski definition) is 1. The number of nitrogens with zero attached hydrogens (tertiary/aromatic N) is 2. The van der Waals surface area contributed by atoms with E-state index in [2.05, 4.69) is 10.3 Å². The average molecular weight is 386 g/mol. The molecule has 3 aromatic heterocycles. The summed E-state index contributed by atoms with van der Waals surface area (Å²) in [5.41, 5.74) is 2.40. The topological polar surface area (TPSA) is 46.4 Å². The van der Waals surface area contributed by atoms with Crippen LogP contribution in [0.25, 0.3) is 16.1 Å². The number of halogens is 2. The maximum absolute atomic E-state index is 13.0. The Balaban J connectivity index is 1.45. The van der Waals surface area contributed by atoms with E-state index >= 15 is 0 Å². The quantitative estimate of drug-likeness (QED) is 0.549. The summed E-state index contributed by atoms with van der Waals surface area (Å²) in [6, 6.07) is 13.4. The van der Waals surface area contributed by atoms with Crippen molar-refractivity contribution in [1.29, 1.82) is 0 Å². The van der Waals surface area contributed by atoms with Gasteiger partial charge in [0.05, 0.1) is 22.1 Å². The molecule has 0 fully saturated rings. The smallest absolute Gasteiger partial charge is 0.261 e. The normalized spacial score (nSPS) is 11.0. The van der Waals surface area contributed by atoms with Crippen molar-refractivity contribution in [1.82, 2.24) is 14.7 Å². The lowest BCUT2D eigenvalue weighted by Crippen LogP contribution is -2.21. The van der Waals surface area contributed by atoms with Crippen molar-refractivity contribution in [2.24, 2.45) is 0 Å². The van der Waals surface area contributed by atoms with Crippen LogP contribution in [0, 0.1) is 5.82 Å². The number of benzene rings is 1. The molecule has 4 nitrogen and oxygen atoms in total. The molecule has 7 heteroatoms. The van der Waals surface area contributed by atoms with Gasteiger partial charge >= 0.3 is 0 Å². The Morgan fingerprint density at radius 2 is 1.92 bits per heavy atom. The summed E-state index contributed by atoms with van der Waals surface area (Å²) >= 11 is 7.32. The number of rotatable bonds is 4. The van der Waals surface area contributed by atoms with Crippen molar-refractivity contribution in [3.05, 3.63) is 82.3 Å². The Morgan fingerprint density at radius 3 is 2.73 bits per heavy atom. The lowest BCUT2D eigenvalue weighted by Gasteiger charge is -2.00. The Labute approximate surface area is 157 Å². The summed E-state index contributed by atoms with van der Waals surface area (Å²) in [4.78, 5) is 18.3. The number of imidazole rings is 1. The first-order valence-corrected chi connectivity index (χ1v) is 9.05. The van der Waals surface area contributed by atoms with Crippen LogP contribution in [0.3, 0.4) is 0 Å². The second-order valence-corrected chi connectivity index (χ2v) is 7.22. The fraction of sp³-hybridized carbons (Fsp3) is 0.0526. The third kappa shape index (κ3) is 3.47. The number of aromatic nitrogens is 2. The monoisotopic (exact) mass is 385 g/mol. The third-order valence-corrected chi connectivity index (χ3v) is 5.21. The highest BCUT2D eigenvalue weighted by molar-refractivity contribution is 7.17. The molecule has 0 unspecified atom stereocenters. The van der Waals surface area contributed by atoms with Crippen LogP contribution in [0.2, 0.25) is 5.02 Å². The molecule has 1 N–H and O–H groups in total. The summed E-state index contributed by atoms with van der Waals surface area (Å²) in [5.74, 6) is -0.449. The fourth-order valence-electron chi connectivity index (χ4n) is 2.59. The van der Waals surface area contributed by atoms with Gasteiger partial charge in [0.2, 0.25) is 0 Å². The van der Waals surface area contributed by atoms with Gasteiger partial charge in [-0.05, 0) is 42.0 Å².